The number of allylic oxidation sites excluding steroid dienone is 2. The number of anilines is 1. The van der Waals surface area contributed by atoms with Gasteiger partial charge in [-0.05, 0) is 18.4 Å². The van der Waals surface area contributed by atoms with Crippen molar-refractivity contribution in [3.63, 3.8) is 0 Å². The second-order valence-electron chi connectivity index (χ2n) is 4.77. The van der Waals surface area contributed by atoms with Crippen LogP contribution in [0, 0.1) is 0 Å². The Morgan fingerprint density at radius 3 is 2.45 bits per heavy atom. The van der Waals surface area contributed by atoms with E-state index in [4.69, 9.17) is 0 Å². The molecular weight excluding hydrogens is 298 g/mol. The summed E-state index contributed by atoms with van der Waals surface area (Å²) in [5, 5.41) is 4.53. The maximum Gasteiger partial charge on any atom is 0.368 e. The Kier molecular flexibility index (Phi) is 4.49. The van der Waals surface area contributed by atoms with E-state index >= 15 is 0 Å². The zero-order valence-corrected chi connectivity index (χ0v) is 11.6. The maximum absolute atomic E-state index is 12.9. The minimum absolute atomic E-state index is 0.0571. The van der Waals surface area contributed by atoms with E-state index in [-0.39, 0.29) is 5.70 Å². The highest BCUT2D eigenvalue weighted by Gasteiger charge is 2.47. The number of benzene rings is 2. The summed E-state index contributed by atoms with van der Waals surface area (Å²) in [6.07, 6.45) is -3.53. The third-order valence-corrected chi connectivity index (χ3v) is 3.07. The molecule has 6 heteroatoms. The van der Waals surface area contributed by atoms with Gasteiger partial charge in [-0.25, -0.2) is 8.78 Å². The van der Waals surface area contributed by atoms with Gasteiger partial charge < -0.3 is 5.32 Å². The van der Waals surface area contributed by atoms with E-state index in [0.29, 0.717) is 11.8 Å². The van der Waals surface area contributed by atoms with Crippen molar-refractivity contribution in [2.45, 2.75) is 19.3 Å². The van der Waals surface area contributed by atoms with E-state index in [9.17, 15) is 22.4 Å². The third kappa shape index (κ3) is 3.27. The summed E-state index contributed by atoms with van der Waals surface area (Å²) in [6, 6.07) is 12.7. The normalized spacial score (nSPS) is 12.7. The molecule has 0 radical (unpaired) electrons. The Bertz CT molecular complexity index is 720. The Labute approximate surface area is 124 Å². The number of carbonyl (C=O) groups is 1. The van der Waals surface area contributed by atoms with Gasteiger partial charge >= 0.3 is 12.3 Å². The molecule has 0 unspecified atom stereocenters. The van der Waals surface area contributed by atoms with Crippen molar-refractivity contribution >= 4 is 22.2 Å². The van der Waals surface area contributed by atoms with Crippen LogP contribution in [0.4, 0.5) is 23.2 Å². The summed E-state index contributed by atoms with van der Waals surface area (Å²) in [6.45, 7) is 1.36. The Morgan fingerprint density at radius 2 is 1.77 bits per heavy atom. The van der Waals surface area contributed by atoms with Gasteiger partial charge in [0, 0.05) is 22.8 Å². The number of hydrogen-bond acceptors (Lipinski definition) is 2. The molecule has 2 aromatic carbocycles. The lowest BCUT2D eigenvalue weighted by Gasteiger charge is -2.13. The summed E-state index contributed by atoms with van der Waals surface area (Å²) in [5.41, 5.74) is 0.654. The molecule has 1 N–H and O–H groups in total. The molecule has 2 rings (SSSR count). The highest BCUT2D eigenvalue weighted by Crippen LogP contribution is 2.26. The Balaban J connectivity index is 2.26. The van der Waals surface area contributed by atoms with Crippen molar-refractivity contribution in [2.24, 2.45) is 0 Å². The molecular formula is C16H13F4NO. The largest absolute Gasteiger partial charge is 0.368 e. The van der Waals surface area contributed by atoms with Gasteiger partial charge in [-0.1, -0.05) is 36.4 Å². The molecule has 0 spiro atoms. The van der Waals surface area contributed by atoms with E-state index in [2.05, 4.69) is 5.32 Å². The first kappa shape index (κ1) is 16.0. The van der Waals surface area contributed by atoms with Gasteiger partial charge in [0.05, 0.1) is 0 Å². The van der Waals surface area contributed by atoms with Crippen LogP contribution in [0.5, 0.6) is 0 Å². The molecule has 0 aromatic heterocycles. The van der Waals surface area contributed by atoms with Gasteiger partial charge in [0.2, 0.25) is 5.78 Å². The minimum Gasteiger partial charge on any atom is -0.359 e. The molecule has 0 atom stereocenters. The van der Waals surface area contributed by atoms with Gasteiger partial charge in [0.1, 0.15) is 0 Å². The fourth-order valence-electron chi connectivity index (χ4n) is 1.98. The number of halogens is 4. The van der Waals surface area contributed by atoms with E-state index in [1.807, 2.05) is 30.3 Å². The van der Waals surface area contributed by atoms with Crippen molar-refractivity contribution < 1.29 is 22.4 Å². The van der Waals surface area contributed by atoms with E-state index < -0.39 is 18.1 Å². The monoisotopic (exact) mass is 311 g/mol. The average Bonchev–Trinajstić information content (AvgIpc) is 2.47. The molecule has 0 heterocycles. The zero-order chi connectivity index (χ0) is 16.3. The first-order valence-corrected chi connectivity index (χ1v) is 6.46. The predicted octanol–water partition coefficient (Wildman–Crippen LogP) is 4.63. The Hall–Kier alpha value is -2.37. The van der Waals surface area contributed by atoms with Crippen LogP contribution >= 0.6 is 0 Å². The highest BCUT2D eigenvalue weighted by atomic mass is 19.3. The molecule has 0 aliphatic heterocycles. The first-order chi connectivity index (χ1) is 10.3. The summed E-state index contributed by atoms with van der Waals surface area (Å²) in [7, 11) is 0. The summed E-state index contributed by atoms with van der Waals surface area (Å²) in [5.74, 6) is -6.60. The summed E-state index contributed by atoms with van der Waals surface area (Å²) < 4.78 is 50.1. The van der Waals surface area contributed by atoms with Crippen molar-refractivity contribution in [3.8, 4) is 0 Å². The van der Waals surface area contributed by atoms with Crippen LogP contribution in [0.3, 0.4) is 0 Å². The van der Waals surface area contributed by atoms with Crippen molar-refractivity contribution in [2.75, 3.05) is 5.32 Å². The molecule has 2 aromatic rings. The van der Waals surface area contributed by atoms with Gasteiger partial charge in [-0.3, -0.25) is 4.79 Å². The first-order valence-electron chi connectivity index (χ1n) is 6.46. The number of ketones is 1. The van der Waals surface area contributed by atoms with Crippen LogP contribution in [0.1, 0.15) is 6.92 Å². The molecule has 2 nitrogen and oxygen atoms in total. The van der Waals surface area contributed by atoms with Crippen LogP contribution in [-0.2, 0) is 4.79 Å². The molecule has 0 amide bonds. The van der Waals surface area contributed by atoms with E-state index in [1.54, 1.807) is 12.1 Å². The van der Waals surface area contributed by atoms with Gasteiger partial charge in [-0.15, -0.1) is 0 Å². The smallest absolute Gasteiger partial charge is 0.359 e. The van der Waals surface area contributed by atoms with E-state index in [1.165, 1.54) is 6.92 Å². The van der Waals surface area contributed by atoms with Crippen LogP contribution in [0.25, 0.3) is 10.8 Å². The number of rotatable bonds is 5. The maximum atomic E-state index is 12.9. The quantitative estimate of drug-likeness (QED) is 0.644. The van der Waals surface area contributed by atoms with Gasteiger partial charge in [-0.2, -0.15) is 8.78 Å². The number of alkyl halides is 4. The van der Waals surface area contributed by atoms with Crippen LogP contribution in [-0.4, -0.2) is 18.1 Å². The fourth-order valence-corrected chi connectivity index (χ4v) is 1.98. The predicted molar refractivity (Wildman–Crippen MR) is 77.3 cm³/mol. The third-order valence-electron chi connectivity index (χ3n) is 3.07. The van der Waals surface area contributed by atoms with Crippen molar-refractivity contribution in [3.05, 3.63) is 54.2 Å². The SMILES string of the molecule is CC(=CC(=O)C(F)(F)C(F)F)Nc1cccc2ccccc12. The lowest BCUT2D eigenvalue weighted by atomic mass is 10.1. The Morgan fingerprint density at radius 1 is 1.14 bits per heavy atom. The minimum atomic E-state index is -4.68. The number of carbonyl (C=O) groups excluding carboxylic acids is 1. The summed E-state index contributed by atoms with van der Waals surface area (Å²) in [4.78, 5) is 11.2. The zero-order valence-electron chi connectivity index (χ0n) is 11.6. The van der Waals surface area contributed by atoms with Gasteiger partial charge in [0.15, 0.2) is 0 Å². The second-order valence-corrected chi connectivity index (χ2v) is 4.77. The molecule has 116 valence electrons. The highest BCUT2D eigenvalue weighted by molar-refractivity contribution is 5.98. The van der Waals surface area contributed by atoms with Crippen LogP contribution < -0.4 is 5.32 Å². The molecule has 0 bridgehead atoms. The molecule has 0 fully saturated rings. The van der Waals surface area contributed by atoms with Crippen molar-refractivity contribution in [1.82, 2.24) is 0 Å². The molecule has 0 saturated heterocycles. The number of hydrogen-bond donors (Lipinski definition) is 1. The van der Waals surface area contributed by atoms with Gasteiger partial charge in [0.25, 0.3) is 0 Å². The standard InChI is InChI=1S/C16H13F4NO/c1-10(9-14(22)16(19,20)15(17)18)21-13-8-4-6-11-5-2-3-7-12(11)13/h2-9,15,21H,1H3. The van der Waals surface area contributed by atoms with Crippen LogP contribution in [0.2, 0.25) is 0 Å². The molecule has 22 heavy (non-hydrogen) atoms. The summed E-state index contributed by atoms with van der Waals surface area (Å²) >= 11 is 0. The second kappa shape index (κ2) is 6.17. The lowest BCUT2D eigenvalue weighted by molar-refractivity contribution is -0.161. The van der Waals surface area contributed by atoms with Crippen LogP contribution in [0.15, 0.2) is 54.2 Å². The molecule has 0 saturated carbocycles. The fraction of sp³-hybridized carbons (Fsp3) is 0.188. The van der Waals surface area contributed by atoms with E-state index in [0.717, 1.165) is 10.8 Å². The molecule has 0 aliphatic carbocycles. The van der Waals surface area contributed by atoms with Crippen molar-refractivity contribution in [1.29, 1.82) is 0 Å². The molecule has 0 aliphatic rings. The number of fused-ring (bicyclic) bond motifs is 1. The topological polar surface area (TPSA) is 29.1 Å². The lowest BCUT2D eigenvalue weighted by Crippen LogP contribution is -2.35. The average molecular weight is 311 g/mol. The number of nitrogens with one attached hydrogen (secondary N) is 1.